The van der Waals surface area contributed by atoms with E-state index in [0.29, 0.717) is 0 Å². The Morgan fingerprint density at radius 3 is 1.56 bits per heavy atom. The van der Waals surface area contributed by atoms with Crippen molar-refractivity contribution in [1.82, 2.24) is 0 Å². The summed E-state index contributed by atoms with van der Waals surface area (Å²) in [4.78, 5) is 1.50. The van der Waals surface area contributed by atoms with Crippen molar-refractivity contribution in [2.45, 2.75) is 51.4 Å². The van der Waals surface area contributed by atoms with Crippen LogP contribution in [-0.4, -0.2) is 0 Å². The molecule has 0 spiro atoms. The molecule has 0 fully saturated rings. The molecule has 0 unspecified atom stereocenters. The summed E-state index contributed by atoms with van der Waals surface area (Å²) in [6, 6.07) is 50.2. The first-order valence-corrected chi connectivity index (χ1v) is 24.2. The van der Waals surface area contributed by atoms with Crippen molar-refractivity contribution in [3.63, 3.8) is 0 Å². The Morgan fingerprint density at radius 1 is 0.453 bits per heavy atom. The third-order valence-electron chi connectivity index (χ3n) is 15.3. The van der Waals surface area contributed by atoms with Gasteiger partial charge in [0.2, 0.25) is 0 Å². The third-order valence-corrected chi connectivity index (χ3v) is 17.7. The fourth-order valence-corrected chi connectivity index (χ4v) is 14.4. The lowest BCUT2D eigenvalue weighted by molar-refractivity contribution is 0.648. The maximum atomic E-state index is 7.09. The second-order valence-electron chi connectivity index (χ2n) is 19.4. The Kier molecular flexibility index (Phi) is 6.74. The minimum Gasteiger partial charge on any atom is -0.455 e. The van der Waals surface area contributed by atoms with Crippen molar-refractivity contribution >= 4 is 103 Å². The molecule has 4 heterocycles. The van der Waals surface area contributed by atoms with E-state index in [1.54, 1.807) is 0 Å². The number of benzene rings is 8. The van der Waals surface area contributed by atoms with Crippen molar-refractivity contribution < 1.29 is 8.83 Å². The van der Waals surface area contributed by atoms with Gasteiger partial charge in [0, 0.05) is 78.6 Å². The van der Waals surface area contributed by atoms with E-state index in [9.17, 15) is 0 Å². The van der Waals surface area contributed by atoms with Crippen LogP contribution in [0.2, 0.25) is 0 Å². The van der Waals surface area contributed by atoms with E-state index in [2.05, 4.69) is 173 Å². The van der Waals surface area contributed by atoms with Gasteiger partial charge in [-0.15, -0.1) is 22.7 Å². The summed E-state index contributed by atoms with van der Waals surface area (Å²) in [6.07, 6.45) is 6.92. The zero-order valence-corrected chi connectivity index (χ0v) is 37.5. The van der Waals surface area contributed by atoms with Crippen molar-refractivity contribution in [2.75, 3.05) is 0 Å². The van der Waals surface area contributed by atoms with Crippen LogP contribution < -0.4 is 0 Å². The summed E-state index contributed by atoms with van der Waals surface area (Å²) in [7, 11) is 0. The molecule has 0 saturated heterocycles. The monoisotopic (exact) mass is 856 g/mol. The Labute approximate surface area is 377 Å². The summed E-state index contributed by atoms with van der Waals surface area (Å²) in [5.41, 5.74) is 19.8. The molecule has 0 amide bonds. The van der Waals surface area contributed by atoms with Crippen LogP contribution in [0.1, 0.15) is 66.8 Å². The molecule has 12 aromatic rings. The fraction of sp³-hybridized carbons (Fsp3) is 0.133. The smallest absolute Gasteiger partial charge is 0.144 e. The summed E-state index contributed by atoms with van der Waals surface area (Å²) >= 11 is 3.82. The van der Waals surface area contributed by atoms with Crippen molar-refractivity contribution in [3.8, 4) is 44.5 Å². The molecule has 2 nitrogen and oxygen atoms in total. The van der Waals surface area contributed by atoms with Crippen molar-refractivity contribution in [1.29, 1.82) is 0 Å². The SMILES string of the molecule is CC1(C)c2cc3c(cc2-c2c1cc(-c1ccc4sc5c(c4c1)C=CCC5)c1c2oc2ccccc21)C(C)(C)c1cc(-c2ccc4sc5ccccc5c4c2)c2c(oc4ccccc42)c1-3. The molecule has 304 valence electrons. The Balaban J connectivity index is 0.981. The molecule has 64 heavy (non-hydrogen) atoms. The highest BCUT2D eigenvalue weighted by molar-refractivity contribution is 7.25. The molecule has 0 aliphatic heterocycles. The lowest BCUT2D eigenvalue weighted by Gasteiger charge is -2.24. The summed E-state index contributed by atoms with van der Waals surface area (Å²) in [6.45, 7) is 9.65. The molecule has 0 radical (unpaired) electrons. The molecular weight excluding hydrogens is 817 g/mol. The molecule has 3 aliphatic rings. The van der Waals surface area contributed by atoms with E-state index in [1.165, 1.54) is 118 Å². The van der Waals surface area contributed by atoms with Gasteiger partial charge < -0.3 is 8.83 Å². The van der Waals surface area contributed by atoms with Crippen LogP contribution in [0.4, 0.5) is 0 Å². The second-order valence-corrected chi connectivity index (χ2v) is 21.6. The average Bonchev–Trinajstić information content (AvgIpc) is 4.15. The highest BCUT2D eigenvalue weighted by Gasteiger charge is 2.45. The van der Waals surface area contributed by atoms with E-state index in [0.717, 1.165) is 45.9 Å². The van der Waals surface area contributed by atoms with E-state index < -0.39 is 0 Å². The summed E-state index contributed by atoms with van der Waals surface area (Å²) < 4.78 is 18.2. The van der Waals surface area contributed by atoms with Gasteiger partial charge in [-0.3, -0.25) is 0 Å². The number of para-hydroxylation sites is 2. The van der Waals surface area contributed by atoms with E-state index >= 15 is 0 Å². The first-order valence-electron chi connectivity index (χ1n) is 22.5. The number of hydrogen-bond acceptors (Lipinski definition) is 4. The van der Waals surface area contributed by atoms with Crippen LogP contribution in [0.5, 0.6) is 0 Å². The summed E-state index contributed by atoms with van der Waals surface area (Å²) in [5.74, 6) is 0. The van der Waals surface area contributed by atoms with E-state index in [1.807, 2.05) is 22.7 Å². The molecule has 0 bridgehead atoms. The van der Waals surface area contributed by atoms with Crippen LogP contribution in [0.15, 0.2) is 148 Å². The maximum Gasteiger partial charge on any atom is 0.144 e. The van der Waals surface area contributed by atoms with Gasteiger partial charge in [-0.05, 0) is 141 Å². The molecule has 4 aromatic heterocycles. The van der Waals surface area contributed by atoms with Crippen molar-refractivity contribution in [2.24, 2.45) is 0 Å². The molecule has 0 saturated carbocycles. The molecular formula is C60H40O2S2. The minimum atomic E-state index is -0.301. The second kappa shape index (κ2) is 12.1. The standard InChI is InChI=1S/C60H40O2S2/c1-59(2)43-29-42-44(30-41(43)55-45(59)27-37(53-35-15-5-9-17-47(35)61-57(53)55)31-21-23-51-39(25-31)33-13-7-11-19-49(33)63-51)60(3,4)46-28-38(54-36-16-6-10-18-48(36)62-58(54)56(42)46)32-22-24-52-40(26-32)34-14-8-12-20-50(34)64-52/h5-11,13-19,21-30H,12,20H2,1-4H3. The minimum absolute atomic E-state index is 0.297. The Hall–Kier alpha value is -6.72. The lowest BCUT2D eigenvalue weighted by atomic mass is 9.78. The van der Waals surface area contributed by atoms with Crippen LogP contribution >= 0.6 is 22.7 Å². The highest BCUT2D eigenvalue weighted by Crippen LogP contribution is 2.61. The third kappa shape index (κ3) is 4.45. The van der Waals surface area contributed by atoms with Gasteiger partial charge >= 0.3 is 0 Å². The number of thiophene rings is 2. The molecule has 3 aliphatic carbocycles. The molecule has 4 heteroatoms. The van der Waals surface area contributed by atoms with E-state index in [4.69, 9.17) is 8.83 Å². The van der Waals surface area contributed by atoms with Crippen molar-refractivity contribution in [3.05, 3.63) is 172 Å². The normalized spacial score (nSPS) is 15.6. The first kappa shape index (κ1) is 35.7. The number of allylic oxidation sites excluding steroid dienone is 1. The number of furan rings is 2. The lowest BCUT2D eigenvalue weighted by Crippen LogP contribution is -2.17. The number of aryl methyl sites for hydroxylation is 1. The molecule has 8 aromatic carbocycles. The predicted molar refractivity (Wildman–Crippen MR) is 273 cm³/mol. The van der Waals surface area contributed by atoms with Crippen LogP contribution in [0, 0.1) is 0 Å². The first-order chi connectivity index (χ1) is 31.2. The van der Waals surface area contributed by atoms with Crippen LogP contribution in [0.25, 0.3) is 125 Å². The zero-order valence-electron chi connectivity index (χ0n) is 35.9. The molecule has 15 rings (SSSR count). The van der Waals surface area contributed by atoms with Gasteiger partial charge in [0.05, 0.1) is 0 Å². The Morgan fingerprint density at radius 2 is 0.953 bits per heavy atom. The van der Waals surface area contributed by atoms with Gasteiger partial charge in [-0.1, -0.05) is 107 Å². The molecule has 0 N–H and O–H groups in total. The average molecular weight is 857 g/mol. The van der Waals surface area contributed by atoms with Gasteiger partial charge in [0.1, 0.15) is 22.3 Å². The van der Waals surface area contributed by atoms with E-state index in [-0.39, 0.29) is 10.8 Å². The van der Waals surface area contributed by atoms with Gasteiger partial charge in [-0.2, -0.15) is 0 Å². The predicted octanol–water partition coefficient (Wildman–Crippen LogP) is 18.0. The largest absolute Gasteiger partial charge is 0.455 e. The summed E-state index contributed by atoms with van der Waals surface area (Å²) in [5, 5.41) is 8.68. The quantitative estimate of drug-likeness (QED) is 0.173. The number of rotatable bonds is 2. The fourth-order valence-electron chi connectivity index (χ4n) is 12.1. The number of hydrogen-bond donors (Lipinski definition) is 0. The Bertz CT molecular complexity index is 4140. The van der Waals surface area contributed by atoms with Gasteiger partial charge in [0.25, 0.3) is 0 Å². The zero-order chi connectivity index (χ0) is 42.4. The highest BCUT2D eigenvalue weighted by atomic mass is 32.1. The van der Waals surface area contributed by atoms with Gasteiger partial charge in [0.15, 0.2) is 0 Å². The van der Waals surface area contributed by atoms with Gasteiger partial charge in [-0.25, -0.2) is 0 Å². The van der Waals surface area contributed by atoms with Crippen LogP contribution in [-0.2, 0) is 17.3 Å². The number of fused-ring (bicyclic) bond motifs is 20. The maximum absolute atomic E-state index is 7.09. The molecule has 0 atom stereocenters. The topological polar surface area (TPSA) is 26.3 Å². The van der Waals surface area contributed by atoms with Crippen LogP contribution in [0.3, 0.4) is 0 Å².